The highest BCUT2D eigenvalue weighted by atomic mass is 19.1. The highest BCUT2D eigenvalue weighted by Gasteiger charge is 2.46. The molecule has 0 atom stereocenters. The van der Waals surface area contributed by atoms with Crippen molar-refractivity contribution in [1.82, 2.24) is 5.32 Å². The Morgan fingerprint density at radius 3 is 2.50 bits per heavy atom. The van der Waals surface area contributed by atoms with Gasteiger partial charge in [-0.25, -0.2) is 4.39 Å². The van der Waals surface area contributed by atoms with Gasteiger partial charge in [0.15, 0.2) is 0 Å². The number of benzene rings is 1. The second-order valence-corrected chi connectivity index (χ2v) is 6.25. The van der Waals surface area contributed by atoms with Crippen LogP contribution in [0.1, 0.15) is 56.9 Å². The van der Waals surface area contributed by atoms with Gasteiger partial charge in [-0.1, -0.05) is 37.8 Å². The summed E-state index contributed by atoms with van der Waals surface area (Å²) in [6.45, 7) is 0. The number of carbonyl (C=O) groups is 1. The molecule has 3 rings (SSSR count). The summed E-state index contributed by atoms with van der Waals surface area (Å²) in [5, 5.41) is 3.22. The monoisotopic (exact) mass is 275 g/mol. The van der Waals surface area contributed by atoms with Crippen LogP contribution in [0.3, 0.4) is 0 Å². The summed E-state index contributed by atoms with van der Waals surface area (Å²) in [6, 6.07) is 6.89. The molecule has 0 aromatic heterocycles. The van der Waals surface area contributed by atoms with Crippen molar-refractivity contribution < 1.29 is 9.18 Å². The van der Waals surface area contributed by atoms with E-state index in [0.717, 1.165) is 37.7 Å². The summed E-state index contributed by atoms with van der Waals surface area (Å²) >= 11 is 0. The minimum Gasteiger partial charge on any atom is -0.353 e. The summed E-state index contributed by atoms with van der Waals surface area (Å²) in [5.41, 5.74) is 0.372. The van der Waals surface area contributed by atoms with E-state index in [1.807, 2.05) is 6.07 Å². The molecule has 0 unspecified atom stereocenters. The van der Waals surface area contributed by atoms with Crippen LogP contribution in [0.15, 0.2) is 24.3 Å². The zero-order chi connectivity index (χ0) is 14.0. The van der Waals surface area contributed by atoms with Crippen molar-refractivity contribution >= 4 is 5.91 Å². The highest BCUT2D eigenvalue weighted by molar-refractivity contribution is 5.89. The summed E-state index contributed by atoms with van der Waals surface area (Å²) in [7, 11) is 0. The topological polar surface area (TPSA) is 29.1 Å². The summed E-state index contributed by atoms with van der Waals surface area (Å²) in [4.78, 5) is 12.7. The van der Waals surface area contributed by atoms with E-state index >= 15 is 0 Å². The maximum Gasteiger partial charge on any atom is 0.230 e. The molecule has 0 radical (unpaired) electrons. The molecular formula is C17H22FNO. The molecule has 0 spiro atoms. The molecule has 1 amide bonds. The van der Waals surface area contributed by atoms with Gasteiger partial charge in [-0.2, -0.15) is 0 Å². The van der Waals surface area contributed by atoms with Crippen molar-refractivity contribution in [1.29, 1.82) is 0 Å². The Hall–Kier alpha value is -1.38. The zero-order valence-electron chi connectivity index (χ0n) is 11.8. The number of rotatable bonds is 3. The van der Waals surface area contributed by atoms with Gasteiger partial charge in [-0.05, 0) is 43.4 Å². The predicted octanol–water partition coefficient (Wildman–Crippen LogP) is 3.70. The number of hydrogen-bond acceptors (Lipinski definition) is 1. The number of halogens is 1. The maximum absolute atomic E-state index is 13.4. The molecular weight excluding hydrogens is 253 g/mol. The van der Waals surface area contributed by atoms with Crippen molar-refractivity contribution in [2.24, 2.45) is 0 Å². The van der Waals surface area contributed by atoms with Gasteiger partial charge < -0.3 is 5.32 Å². The Labute approximate surface area is 119 Å². The molecule has 1 aromatic carbocycles. The number of nitrogens with one attached hydrogen (secondary N) is 1. The van der Waals surface area contributed by atoms with E-state index in [4.69, 9.17) is 0 Å². The minimum atomic E-state index is -0.473. The summed E-state index contributed by atoms with van der Waals surface area (Å²) in [5.74, 6) is -0.138. The van der Waals surface area contributed by atoms with Crippen LogP contribution in [-0.2, 0) is 10.2 Å². The molecule has 2 aliphatic carbocycles. The molecule has 0 aliphatic heterocycles. The molecule has 2 fully saturated rings. The smallest absolute Gasteiger partial charge is 0.230 e. The van der Waals surface area contributed by atoms with E-state index in [0.29, 0.717) is 6.04 Å². The number of hydrogen-bond donors (Lipinski definition) is 1. The molecule has 0 bridgehead atoms. The van der Waals surface area contributed by atoms with E-state index in [-0.39, 0.29) is 11.7 Å². The van der Waals surface area contributed by atoms with Crippen molar-refractivity contribution in [2.45, 2.75) is 62.8 Å². The van der Waals surface area contributed by atoms with Crippen LogP contribution in [0.5, 0.6) is 0 Å². The molecule has 3 heteroatoms. The third-order valence-electron chi connectivity index (χ3n) is 4.96. The van der Waals surface area contributed by atoms with Gasteiger partial charge in [0, 0.05) is 6.04 Å². The molecule has 2 aliphatic rings. The lowest BCUT2D eigenvalue weighted by Gasteiger charge is -2.42. The van der Waals surface area contributed by atoms with Crippen LogP contribution in [0.4, 0.5) is 4.39 Å². The van der Waals surface area contributed by atoms with E-state index in [2.05, 4.69) is 5.32 Å². The molecule has 2 nitrogen and oxygen atoms in total. The van der Waals surface area contributed by atoms with Crippen LogP contribution >= 0.6 is 0 Å². The lowest BCUT2D eigenvalue weighted by atomic mass is 9.63. The normalized spacial score (nSPS) is 22.1. The Kier molecular flexibility index (Phi) is 3.77. The fraction of sp³-hybridized carbons (Fsp3) is 0.588. The van der Waals surface area contributed by atoms with Crippen LogP contribution in [0.2, 0.25) is 0 Å². The van der Waals surface area contributed by atoms with Gasteiger partial charge in [-0.15, -0.1) is 0 Å². The number of carbonyl (C=O) groups excluding carboxylic acids is 1. The van der Waals surface area contributed by atoms with Crippen molar-refractivity contribution in [2.75, 3.05) is 0 Å². The quantitative estimate of drug-likeness (QED) is 0.895. The van der Waals surface area contributed by atoms with Gasteiger partial charge in [0.25, 0.3) is 0 Å². The Morgan fingerprint density at radius 2 is 1.90 bits per heavy atom. The molecule has 1 aromatic rings. The van der Waals surface area contributed by atoms with Gasteiger partial charge in [0.2, 0.25) is 5.91 Å². The summed E-state index contributed by atoms with van der Waals surface area (Å²) in [6.07, 6.45) is 8.60. The third-order valence-corrected chi connectivity index (χ3v) is 4.96. The maximum atomic E-state index is 13.4. The van der Waals surface area contributed by atoms with Gasteiger partial charge in [-0.3, -0.25) is 4.79 Å². The molecule has 2 saturated carbocycles. The van der Waals surface area contributed by atoms with E-state index < -0.39 is 5.41 Å². The first-order valence-corrected chi connectivity index (χ1v) is 7.78. The van der Waals surface area contributed by atoms with Crippen molar-refractivity contribution in [3.8, 4) is 0 Å². The third kappa shape index (κ3) is 2.46. The Balaban J connectivity index is 1.76. The van der Waals surface area contributed by atoms with Gasteiger partial charge in [0.1, 0.15) is 5.82 Å². The minimum absolute atomic E-state index is 0.112. The van der Waals surface area contributed by atoms with Crippen LogP contribution in [0, 0.1) is 5.82 Å². The Bertz CT molecular complexity index is 490. The van der Waals surface area contributed by atoms with Crippen LogP contribution in [0.25, 0.3) is 0 Å². The standard InChI is InChI=1S/C17H22FNO/c18-14-7-4-6-13(12-14)17(10-5-11-17)16(20)19-15-8-2-1-3-9-15/h4,6-7,12,15H,1-3,5,8-11H2,(H,19,20). The van der Waals surface area contributed by atoms with Gasteiger partial charge in [0.05, 0.1) is 5.41 Å². The fourth-order valence-corrected chi connectivity index (χ4v) is 3.53. The van der Waals surface area contributed by atoms with Gasteiger partial charge >= 0.3 is 0 Å². The fourth-order valence-electron chi connectivity index (χ4n) is 3.53. The van der Waals surface area contributed by atoms with Crippen LogP contribution < -0.4 is 5.32 Å². The molecule has 0 saturated heterocycles. The zero-order valence-corrected chi connectivity index (χ0v) is 11.8. The lowest BCUT2D eigenvalue weighted by molar-refractivity contribution is -0.130. The first-order valence-electron chi connectivity index (χ1n) is 7.78. The molecule has 0 heterocycles. The van der Waals surface area contributed by atoms with E-state index in [1.165, 1.54) is 31.4 Å². The SMILES string of the molecule is O=C(NC1CCCCC1)C1(c2cccc(F)c2)CCC1. The first kappa shape index (κ1) is 13.6. The average Bonchev–Trinajstić information content (AvgIpc) is 2.38. The summed E-state index contributed by atoms with van der Waals surface area (Å²) < 4.78 is 13.4. The number of amides is 1. The Morgan fingerprint density at radius 1 is 1.15 bits per heavy atom. The first-order chi connectivity index (χ1) is 9.71. The predicted molar refractivity (Wildman–Crippen MR) is 76.9 cm³/mol. The van der Waals surface area contributed by atoms with E-state index in [1.54, 1.807) is 6.07 Å². The second kappa shape index (κ2) is 5.55. The molecule has 108 valence electrons. The molecule has 1 N–H and O–H groups in total. The van der Waals surface area contributed by atoms with E-state index in [9.17, 15) is 9.18 Å². The van der Waals surface area contributed by atoms with Crippen molar-refractivity contribution in [3.63, 3.8) is 0 Å². The van der Waals surface area contributed by atoms with Crippen molar-refractivity contribution in [3.05, 3.63) is 35.6 Å². The highest BCUT2D eigenvalue weighted by Crippen LogP contribution is 2.44. The second-order valence-electron chi connectivity index (χ2n) is 6.25. The molecule has 20 heavy (non-hydrogen) atoms. The lowest BCUT2D eigenvalue weighted by Crippen LogP contribution is -2.52. The van der Waals surface area contributed by atoms with Crippen LogP contribution in [-0.4, -0.2) is 11.9 Å². The average molecular weight is 275 g/mol. The largest absolute Gasteiger partial charge is 0.353 e.